The first-order valence-corrected chi connectivity index (χ1v) is 9.91. The summed E-state index contributed by atoms with van der Waals surface area (Å²) in [4.78, 5) is 4.56. The zero-order valence-electron chi connectivity index (χ0n) is 18.1. The number of rotatable bonds is 8. The van der Waals surface area contributed by atoms with E-state index in [2.05, 4.69) is 34.6 Å². The lowest BCUT2D eigenvalue weighted by Crippen LogP contribution is -2.43. The molecule has 0 fully saturated rings. The summed E-state index contributed by atoms with van der Waals surface area (Å²) in [7, 11) is 1.93. The van der Waals surface area contributed by atoms with E-state index in [4.69, 9.17) is 4.74 Å². The lowest BCUT2D eigenvalue weighted by Gasteiger charge is -2.18. The molecule has 0 saturated heterocycles. The molecule has 1 unspecified atom stereocenters. The molecule has 0 saturated carbocycles. The molecule has 0 bridgehead atoms. The minimum Gasteiger partial charge on any atom is -0.484 e. The quantitative estimate of drug-likeness (QED) is 0.501. The Balaban J connectivity index is 2.01. The molecule has 1 heterocycles. The summed E-state index contributed by atoms with van der Waals surface area (Å²) in [6.07, 6.45) is -3.56. The maximum Gasteiger partial charge on any atom is 0.422 e. The highest BCUT2D eigenvalue weighted by molar-refractivity contribution is 5.80. The van der Waals surface area contributed by atoms with Gasteiger partial charge in [-0.2, -0.15) is 18.3 Å². The van der Waals surface area contributed by atoms with E-state index in [0.29, 0.717) is 19.0 Å². The lowest BCUT2D eigenvalue weighted by atomic mass is 10.1. The molecule has 2 rings (SSSR count). The molecule has 6 nitrogen and oxygen atoms in total. The molecule has 0 aliphatic carbocycles. The Morgan fingerprint density at radius 1 is 1.30 bits per heavy atom. The average molecular weight is 425 g/mol. The fraction of sp³-hybridized carbons (Fsp3) is 0.524. The Morgan fingerprint density at radius 3 is 2.63 bits per heavy atom. The Morgan fingerprint density at radius 2 is 2.03 bits per heavy atom. The first kappa shape index (κ1) is 23.6. The number of nitrogens with zero attached hydrogens (tertiary/aromatic N) is 3. The highest BCUT2D eigenvalue weighted by Crippen LogP contribution is 2.20. The molecule has 30 heavy (non-hydrogen) atoms. The molecule has 0 aliphatic heterocycles. The van der Waals surface area contributed by atoms with Crippen molar-refractivity contribution in [2.45, 2.75) is 52.9 Å². The summed E-state index contributed by atoms with van der Waals surface area (Å²) in [5, 5.41) is 11.0. The fourth-order valence-electron chi connectivity index (χ4n) is 3.09. The van der Waals surface area contributed by atoms with Gasteiger partial charge in [0.1, 0.15) is 5.75 Å². The van der Waals surface area contributed by atoms with Crippen molar-refractivity contribution in [3.63, 3.8) is 0 Å². The molecule has 2 N–H and O–H groups in total. The summed E-state index contributed by atoms with van der Waals surface area (Å²) < 4.78 is 43.7. The van der Waals surface area contributed by atoms with Gasteiger partial charge < -0.3 is 15.4 Å². The second kappa shape index (κ2) is 10.4. The van der Waals surface area contributed by atoms with Crippen LogP contribution in [0.3, 0.4) is 0 Å². The monoisotopic (exact) mass is 425 g/mol. The summed E-state index contributed by atoms with van der Waals surface area (Å²) in [5.41, 5.74) is 4.13. The van der Waals surface area contributed by atoms with Crippen LogP contribution in [0.4, 0.5) is 13.2 Å². The highest BCUT2D eigenvalue weighted by Gasteiger charge is 2.28. The number of aromatic nitrogens is 2. The Labute approximate surface area is 175 Å². The third kappa shape index (κ3) is 7.27. The van der Waals surface area contributed by atoms with Gasteiger partial charge in [-0.3, -0.25) is 4.68 Å². The second-order valence-corrected chi connectivity index (χ2v) is 7.27. The van der Waals surface area contributed by atoms with Gasteiger partial charge in [-0.05, 0) is 57.4 Å². The standard InChI is InChI=1S/C21H30F3N5O/c1-6-25-20(27-14(2)10-19-15(3)28-29(5)16(19)4)26-12-17-8-7-9-18(11-17)30-13-21(22,23)24/h7-9,11,14H,6,10,12-13H2,1-5H3,(H2,25,26,27). The van der Waals surface area contributed by atoms with E-state index in [1.807, 2.05) is 25.6 Å². The predicted molar refractivity (Wildman–Crippen MR) is 112 cm³/mol. The largest absolute Gasteiger partial charge is 0.484 e. The number of halogens is 3. The van der Waals surface area contributed by atoms with Crippen LogP contribution in [-0.2, 0) is 20.0 Å². The molecule has 1 atom stereocenters. The Kier molecular flexibility index (Phi) is 8.14. The number of aliphatic imine (C=N–C) groups is 1. The van der Waals surface area contributed by atoms with E-state index >= 15 is 0 Å². The number of hydrogen-bond acceptors (Lipinski definition) is 3. The van der Waals surface area contributed by atoms with Gasteiger partial charge in [-0.15, -0.1) is 0 Å². The van der Waals surface area contributed by atoms with E-state index in [1.54, 1.807) is 18.2 Å². The molecule has 166 valence electrons. The first-order chi connectivity index (χ1) is 14.1. The van der Waals surface area contributed by atoms with Crippen LogP contribution >= 0.6 is 0 Å². The van der Waals surface area contributed by atoms with Gasteiger partial charge in [0.2, 0.25) is 0 Å². The molecule has 2 aromatic rings. The van der Waals surface area contributed by atoms with Crippen LogP contribution in [0.2, 0.25) is 0 Å². The van der Waals surface area contributed by atoms with Crippen LogP contribution in [0.15, 0.2) is 29.3 Å². The summed E-state index contributed by atoms with van der Waals surface area (Å²) >= 11 is 0. The molecule has 1 aromatic heterocycles. The summed E-state index contributed by atoms with van der Waals surface area (Å²) in [6.45, 7) is 7.80. The number of aryl methyl sites for hydroxylation is 2. The Hall–Kier alpha value is -2.71. The van der Waals surface area contributed by atoms with Crippen molar-refractivity contribution in [3.8, 4) is 5.75 Å². The van der Waals surface area contributed by atoms with Crippen LogP contribution in [-0.4, -0.2) is 41.1 Å². The molecule has 0 radical (unpaired) electrons. The molecule has 9 heteroatoms. The normalized spacial score (nSPS) is 13.3. The molecular weight excluding hydrogens is 395 g/mol. The van der Waals surface area contributed by atoms with E-state index in [-0.39, 0.29) is 11.8 Å². The van der Waals surface area contributed by atoms with Crippen LogP contribution in [0.5, 0.6) is 5.75 Å². The average Bonchev–Trinajstić information content (AvgIpc) is 2.90. The summed E-state index contributed by atoms with van der Waals surface area (Å²) in [6, 6.07) is 6.66. The second-order valence-electron chi connectivity index (χ2n) is 7.27. The number of hydrogen-bond donors (Lipinski definition) is 2. The maximum atomic E-state index is 12.3. The van der Waals surface area contributed by atoms with Gasteiger partial charge in [-0.25, -0.2) is 4.99 Å². The van der Waals surface area contributed by atoms with Crippen molar-refractivity contribution in [1.82, 2.24) is 20.4 Å². The van der Waals surface area contributed by atoms with Crippen molar-refractivity contribution >= 4 is 5.96 Å². The zero-order chi connectivity index (χ0) is 22.3. The van der Waals surface area contributed by atoms with Crippen molar-refractivity contribution < 1.29 is 17.9 Å². The Bertz CT molecular complexity index is 861. The maximum absolute atomic E-state index is 12.3. The van der Waals surface area contributed by atoms with Crippen molar-refractivity contribution in [2.24, 2.45) is 12.0 Å². The molecule has 0 amide bonds. The topological polar surface area (TPSA) is 63.5 Å². The van der Waals surface area contributed by atoms with Crippen molar-refractivity contribution in [1.29, 1.82) is 0 Å². The molecule has 0 spiro atoms. The third-order valence-electron chi connectivity index (χ3n) is 4.62. The summed E-state index contributed by atoms with van der Waals surface area (Å²) in [5.74, 6) is 0.819. The third-order valence-corrected chi connectivity index (χ3v) is 4.62. The van der Waals surface area contributed by atoms with Crippen molar-refractivity contribution in [3.05, 3.63) is 46.8 Å². The van der Waals surface area contributed by atoms with E-state index in [1.165, 1.54) is 11.6 Å². The fourth-order valence-corrected chi connectivity index (χ4v) is 3.09. The first-order valence-electron chi connectivity index (χ1n) is 9.91. The molecular formula is C21H30F3N5O. The van der Waals surface area contributed by atoms with Gasteiger partial charge in [0.25, 0.3) is 0 Å². The van der Waals surface area contributed by atoms with Gasteiger partial charge in [0.05, 0.1) is 12.2 Å². The number of ether oxygens (including phenoxy) is 1. The van der Waals surface area contributed by atoms with E-state index < -0.39 is 12.8 Å². The van der Waals surface area contributed by atoms with Crippen LogP contribution in [0.1, 0.15) is 36.4 Å². The van der Waals surface area contributed by atoms with Gasteiger partial charge in [0.15, 0.2) is 12.6 Å². The minimum absolute atomic E-state index is 0.117. The predicted octanol–water partition coefficient (Wildman–Crippen LogP) is 3.66. The minimum atomic E-state index is -4.36. The SMILES string of the molecule is CCNC(=NCc1cccc(OCC(F)(F)F)c1)NC(C)Cc1c(C)nn(C)c1C. The van der Waals surface area contributed by atoms with Crippen LogP contribution in [0, 0.1) is 13.8 Å². The van der Waals surface area contributed by atoms with Crippen molar-refractivity contribution in [2.75, 3.05) is 13.2 Å². The number of alkyl halides is 3. The van der Waals surface area contributed by atoms with E-state index in [9.17, 15) is 13.2 Å². The van der Waals surface area contributed by atoms with Gasteiger partial charge in [0, 0.05) is 25.3 Å². The van der Waals surface area contributed by atoms with Crippen LogP contribution < -0.4 is 15.4 Å². The van der Waals surface area contributed by atoms with Gasteiger partial charge in [-0.1, -0.05) is 12.1 Å². The van der Waals surface area contributed by atoms with E-state index in [0.717, 1.165) is 23.4 Å². The smallest absolute Gasteiger partial charge is 0.422 e. The number of guanidine groups is 1. The molecule has 0 aliphatic rings. The number of benzene rings is 1. The zero-order valence-corrected chi connectivity index (χ0v) is 18.1. The number of nitrogens with one attached hydrogen (secondary N) is 2. The molecule has 1 aromatic carbocycles. The van der Waals surface area contributed by atoms with Gasteiger partial charge >= 0.3 is 6.18 Å². The lowest BCUT2D eigenvalue weighted by molar-refractivity contribution is -0.153. The van der Waals surface area contributed by atoms with Crippen LogP contribution in [0.25, 0.3) is 0 Å². The highest BCUT2D eigenvalue weighted by atomic mass is 19.4.